The van der Waals surface area contributed by atoms with Crippen LogP contribution in [-0.4, -0.2) is 14.8 Å². The normalized spacial score (nSPS) is 11.8. The van der Waals surface area contributed by atoms with E-state index < -0.39 is 0 Å². The van der Waals surface area contributed by atoms with E-state index in [0.29, 0.717) is 11.7 Å². The van der Waals surface area contributed by atoms with Crippen LogP contribution < -0.4 is 5.73 Å². The van der Waals surface area contributed by atoms with Gasteiger partial charge in [-0.2, -0.15) is 5.10 Å². The molecule has 0 fully saturated rings. The summed E-state index contributed by atoms with van der Waals surface area (Å²) in [5.41, 5.74) is 9.07. The first-order chi connectivity index (χ1) is 9.06. The highest BCUT2D eigenvalue weighted by Crippen LogP contribution is 2.30. The summed E-state index contributed by atoms with van der Waals surface area (Å²) in [4.78, 5) is 4.49. The molecule has 0 spiro atoms. The van der Waals surface area contributed by atoms with Gasteiger partial charge in [-0.05, 0) is 24.0 Å². The maximum Gasteiger partial charge on any atom is 0.152 e. The smallest absolute Gasteiger partial charge is 0.152 e. The lowest BCUT2D eigenvalue weighted by Gasteiger charge is -2.10. The van der Waals surface area contributed by atoms with Crippen LogP contribution in [0, 0.1) is 5.92 Å². The number of aryl methyl sites for hydroxylation is 1. The predicted molar refractivity (Wildman–Crippen MR) is 79.0 cm³/mol. The van der Waals surface area contributed by atoms with E-state index in [1.165, 1.54) is 10.9 Å². The Balaban J connectivity index is 2.42. The number of anilines is 1. The molecule has 19 heavy (non-hydrogen) atoms. The number of nitrogens with two attached hydrogens (primary N) is 1. The van der Waals surface area contributed by atoms with E-state index in [9.17, 15) is 0 Å². The SMILES string of the molecule is CC(C)Cc1cccc2nc(N)c3nn(C)cc3c12. The molecule has 0 bridgehead atoms. The van der Waals surface area contributed by atoms with Gasteiger partial charge in [-0.25, -0.2) is 4.98 Å². The molecule has 2 heterocycles. The summed E-state index contributed by atoms with van der Waals surface area (Å²) < 4.78 is 1.80. The van der Waals surface area contributed by atoms with Crippen molar-refractivity contribution in [1.82, 2.24) is 14.8 Å². The largest absolute Gasteiger partial charge is 0.382 e. The van der Waals surface area contributed by atoms with Crippen molar-refractivity contribution in [2.45, 2.75) is 20.3 Å². The molecule has 98 valence electrons. The lowest BCUT2D eigenvalue weighted by Crippen LogP contribution is -1.98. The lowest BCUT2D eigenvalue weighted by molar-refractivity contribution is 0.650. The molecule has 0 saturated carbocycles. The van der Waals surface area contributed by atoms with Gasteiger partial charge >= 0.3 is 0 Å². The van der Waals surface area contributed by atoms with Gasteiger partial charge in [-0.3, -0.25) is 4.68 Å². The third kappa shape index (κ3) is 1.93. The van der Waals surface area contributed by atoms with Crippen molar-refractivity contribution in [3.05, 3.63) is 30.0 Å². The lowest BCUT2D eigenvalue weighted by atomic mass is 9.97. The van der Waals surface area contributed by atoms with Crippen LogP contribution in [-0.2, 0) is 13.5 Å². The maximum absolute atomic E-state index is 6.00. The Morgan fingerprint density at radius 1 is 1.32 bits per heavy atom. The number of aromatic nitrogens is 3. The van der Waals surface area contributed by atoms with Crippen molar-refractivity contribution in [3.8, 4) is 0 Å². The number of hydrogen-bond donors (Lipinski definition) is 1. The molecule has 0 saturated heterocycles. The summed E-state index contributed by atoms with van der Waals surface area (Å²) in [5.74, 6) is 1.11. The zero-order chi connectivity index (χ0) is 13.6. The number of nitrogens with zero attached hydrogens (tertiary/aromatic N) is 3. The van der Waals surface area contributed by atoms with Gasteiger partial charge in [0.15, 0.2) is 5.82 Å². The summed E-state index contributed by atoms with van der Waals surface area (Å²) in [5, 5.41) is 6.70. The minimum atomic E-state index is 0.504. The van der Waals surface area contributed by atoms with Crippen molar-refractivity contribution in [3.63, 3.8) is 0 Å². The molecular weight excluding hydrogens is 236 g/mol. The number of hydrogen-bond acceptors (Lipinski definition) is 3. The van der Waals surface area contributed by atoms with Gasteiger partial charge < -0.3 is 5.73 Å². The van der Waals surface area contributed by atoms with Crippen LogP contribution in [0.15, 0.2) is 24.4 Å². The first kappa shape index (κ1) is 12.0. The number of rotatable bonds is 2. The van der Waals surface area contributed by atoms with E-state index in [-0.39, 0.29) is 0 Å². The van der Waals surface area contributed by atoms with E-state index in [4.69, 9.17) is 5.73 Å². The van der Waals surface area contributed by atoms with E-state index in [2.05, 4.69) is 36.1 Å². The molecule has 4 nitrogen and oxygen atoms in total. The van der Waals surface area contributed by atoms with E-state index in [1.807, 2.05) is 19.3 Å². The summed E-state index contributed by atoms with van der Waals surface area (Å²) in [6.07, 6.45) is 3.06. The van der Waals surface area contributed by atoms with Gasteiger partial charge in [-0.15, -0.1) is 0 Å². The summed E-state index contributed by atoms with van der Waals surface area (Å²) >= 11 is 0. The van der Waals surface area contributed by atoms with Crippen molar-refractivity contribution in [2.75, 3.05) is 5.73 Å². The first-order valence-corrected chi connectivity index (χ1v) is 6.56. The molecule has 0 aliphatic rings. The van der Waals surface area contributed by atoms with E-state index >= 15 is 0 Å². The Morgan fingerprint density at radius 2 is 2.11 bits per heavy atom. The van der Waals surface area contributed by atoms with Crippen LogP contribution in [0.2, 0.25) is 0 Å². The van der Waals surface area contributed by atoms with Crippen LogP contribution in [0.4, 0.5) is 5.82 Å². The Morgan fingerprint density at radius 3 is 2.84 bits per heavy atom. The molecule has 4 heteroatoms. The molecule has 3 rings (SSSR count). The summed E-state index contributed by atoms with van der Waals surface area (Å²) in [6.45, 7) is 4.45. The molecule has 0 aliphatic carbocycles. The highest BCUT2D eigenvalue weighted by molar-refractivity contribution is 6.09. The molecule has 2 N–H and O–H groups in total. The molecule has 3 aromatic rings. The second-order valence-corrected chi connectivity index (χ2v) is 5.47. The zero-order valence-electron chi connectivity index (χ0n) is 11.5. The minimum absolute atomic E-state index is 0.504. The highest BCUT2D eigenvalue weighted by Gasteiger charge is 2.13. The zero-order valence-corrected chi connectivity index (χ0v) is 11.5. The molecule has 0 aliphatic heterocycles. The van der Waals surface area contributed by atoms with Gasteiger partial charge in [0.1, 0.15) is 5.52 Å². The topological polar surface area (TPSA) is 56.7 Å². The van der Waals surface area contributed by atoms with Crippen molar-refractivity contribution in [2.24, 2.45) is 13.0 Å². The second-order valence-electron chi connectivity index (χ2n) is 5.47. The third-order valence-corrected chi connectivity index (χ3v) is 3.34. The fraction of sp³-hybridized carbons (Fsp3) is 0.333. The Hall–Kier alpha value is -2.10. The highest BCUT2D eigenvalue weighted by atomic mass is 15.3. The molecule has 1 aromatic carbocycles. The van der Waals surface area contributed by atoms with Gasteiger partial charge in [0.2, 0.25) is 0 Å². The van der Waals surface area contributed by atoms with Gasteiger partial charge in [0.25, 0.3) is 0 Å². The third-order valence-electron chi connectivity index (χ3n) is 3.34. The van der Waals surface area contributed by atoms with E-state index in [1.54, 1.807) is 4.68 Å². The first-order valence-electron chi connectivity index (χ1n) is 6.56. The molecule has 0 unspecified atom stereocenters. The van der Waals surface area contributed by atoms with Crippen LogP contribution >= 0.6 is 0 Å². The number of benzene rings is 1. The molecular formula is C15H18N4. The fourth-order valence-corrected chi connectivity index (χ4v) is 2.64. The number of nitrogen functional groups attached to an aromatic ring is 1. The van der Waals surface area contributed by atoms with Crippen LogP contribution in [0.3, 0.4) is 0 Å². The van der Waals surface area contributed by atoms with Crippen molar-refractivity contribution >= 4 is 27.6 Å². The summed E-state index contributed by atoms with van der Waals surface area (Å²) in [7, 11) is 1.91. The molecule has 2 aromatic heterocycles. The van der Waals surface area contributed by atoms with Crippen LogP contribution in [0.1, 0.15) is 19.4 Å². The standard InChI is InChI=1S/C15H18N4/c1-9(2)7-10-5-4-6-12-13(10)11-8-19(3)18-14(11)15(16)17-12/h4-6,8-9H,7H2,1-3H3,(H2,16,17). The Kier molecular flexibility index (Phi) is 2.66. The van der Waals surface area contributed by atoms with Gasteiger partial charge in [0, 0.05) is 24.0 Å². The van der Waals surface area contributed by atoms with Crippen LogP contribution in [0.25, 0.3) is 21.8 Å². The molecule has 0 atom stereocenters. The Bertz CT molecular complexity index is 756. The average Bonchev–Trinajstić information content (AvgIpc) is 2.70. The number of pyridine rings is 1. The maximum atomic E-state index is 6.00. The predicted octanol–water partition coefficient (Wildman–Crippen LogP) is 2.90. The quantitative estimate of drug-likeness (QED) is 0.765. The number of fused-ring (bicyclic) bond motifs is 3. The summed E-state index contributed by atoms with van der Waals surface area (Å²) in [6, 6.07) is 6.24. The monoisotopic (exact) mass is 254 g/mol. The fourth-order valence-electron chi connectivity index (χ4n) is 2.64. The van der Waals surface area contributed by atoms with E-state index in [0.717, 1.165) is 22.8 Å². The molecule has 0 radical (unpaired) electrons. The van der Waals surface area contributed by atoms with Gasteiger partial charge in [0.05, 0.1) is 5.52 Å². The Labute approximate surface area is 112 Å². The van der Waals surface area contributed by atoms with Gasteiger partial charge in [-0.1, -0.05) is 26.0 Å². The second kappa shape index (κ2) is 4.23. The minimum Gasteiger partial charge on any atom is -0.382 e. The van der Waals surface area contributed by atoms with Crippen molar-refractivity contribution < 1.29 is 0 Å². The van der Waals surface area contributed by atoms with Crippen LogP contribution in [0.5, 0.6) is 0 Å². The average molecular weight is 254 g/mol. The van der Waals surface area contributed by atoms with Crippen molar-refractivity contribution in [1.29, 1.82) is 0 Å². The molecule has 0 amide bonds.